The van der Waals surface area contributed by atoms with Crippen molar-refractivity contribution in [2.75, 3.05) is 5.32 Å². The van der Waals surface area contributed by atoms with Gasteiger partial charge in [0.1, 0.15) is 12.3 Å². The molecule has 1 aromatic carbocycles. The molecular formula is C17H14N2O4S. The predicted molar refractivity (Wildman–Crippen MR) is 89.7 cm³/mol. The van der Waals surface area contributed by atoms with Crippen LogP contribution in [0.5, 0.6) is 0 Å². The van der Waals surface area contributed by atoms with Gasteiger partial charge in [0, 0.05) is 18.7 Å². The Morgan fingerprint density at radius 2 is 2.04 bits per heavy atom. The van der Waals surface area contributed by atoms with E-state index in [0.717, 1.165) is 4.88 Å². The van der Waals surface area contributed by atoms with E-state index in [2.05, 4.69) is 10.5 Å². The van der Waals surface area contributed by atoms with Crippen LogP contribution < -0.4 is 5.32 Å². The number of carbonyl (C=O) groups excluding carboxylic acids is 2. The highest BCUT2D eigenvalue weighted by molar-refractivity contribution is 7.13. The van der Waals surface area contributed by atoms with E-state index in [1.165, 1.54) is 6.92 Å². The molecule has 24 heavy (non-hydrogen) atoms. The van der Waals surface area contributed by atoms with Crippen molar-refractivity contribution in [3.63, 3.8) is 0 Å². The summed E-state index contributed by atoms with van der Waals surface area (Å²) in [7, 11) is 0. The van der Waals surface area contributed by atoms with Crippen LogP contribution in [0.4, 0.5) is 5.69 Å². The van der Waals surface area contributed by atoms with Crippen LogP contribution in [0.25, 0.3) is 10.6 Å². The van der Waals surface area contributed by atoms with Crippen molar-refractivity contribution in [3.8, 4) is 10.6 Å². The number of thiophene rings is 1. The number of aromatic nitrogens is 1. The van der Waals surface area contributed by atoms with Crippen LogP contribution in [-0.2, 0) is 16.1 Å². The Morgan fingerprint density at radius 1 is 1.25 bits per heavy atom. The van der Waals surface area contributed by atoms with Gasteiger partial charge >= 0.3 is 5.97 Å². The fourth-order valence-electron chi connectivity index (χ4n) is 2.03. The third kappa shape index (κ3) is 3.88. The molecule has 1 N–H and O–H groups in total. The number of anilines is 1. The number of benzene rings is 1. The highest BCUT2D eigenvalue weighted by Gasteiger charge is 2.11. The van der Waals surface area contributed by atoms with E-state index in [4.69, 9.17) is 9.26 Å². The van der Waals surface area contributed by atoms with Gasteiger partial charge in [0.15, 0.2) is 5.76 Å². The summed E-state index contributed by atoms with van der Waals surface area (Å²) in [6.07, 6.45) is 0. The number of nitrogens with one attached hydrogen (secondary N) is 1. The molecule has 122 valence electrons. The summed E-state index contributed by atoms with van der Waals surface area (Å²) in [5.41, 5.74) is 1.56. The van der Waals surface area contributed by atoms with Gasteiger partial charge in [-0.25, -0.2) is 4.79 Å². The summed E-state index contributed by atoms with van der Waals surface area (Å²) in [6, 6.07) is 12.1. The lowest BCUT2D eigenvalue weighted by atomic mass is 10.2. The Kier molecular flexibility index (Phi) is 4.72. The van der Waals surface area contributed by atoms with Crippen molar-refractivity contribution < 1.29 is 18.8 Å². The van der Waals surface area contributed by atoms with E-state index >= 15 is 0 Å². The fraction of sp³-hybridized carbons (Fsp3) is 0.118. The summed E-state index contributed by atoms with van der Waals surface area (Å²) < 4.78 is 10.4. The van der Waals surface area contributed by atoms with Gasteiger partial charge in [-0.1, -0.05) is 11.2 Å². The molecule has 0 spiro atoms. The van der Waals surface area contributed by atoms with Crippen LogP contribution in [0.1, 0.15) is 23.0 Å². The third-order valence-corrected chi connectivity index (χ3v) is 4.00. The first kappa shape index (κ1) is 15.9. The number of hydrogen-bond donors (Lipinski definition) is 1. The van der Waals surface area contributed by atoms with Gasteiger partial charge in [-0.2, -0.15) is 0 Å². The zero-order valence-corrected chi connectivity index (χ0v) is 13.6. The minimum atomic E-state index is -0.468. The van der Waals surface area contributed by atoms with E-state index in [9.17, 15) is 9.59 Å². The Morgan fingerprint density at radius 3 is 2.71 bits per heavy atom. The number of hydrogen-bond acceptors (Lipinski definition) is 6. The molecule has 0 saturated heterocycles. The lowest BCUT2D eigenvalue weighted by Crippen LogP contribution is -2.07. The van der Waals surface area contributed by atoms with Gasteiger partial charge in [0.25, 0.3) is 0 Å². The lowest BCUT2D eigenvalue weighted by Gasteiger charge is -2.04. The quantitative estimate of drug-likeness (QED) is 0.715. The second kappa shape index (κ2) is 7.10. The van der Waals surface area contributed by atoms with Crippen LogP contribution in [0.15, 0.2) is 52.4 Å². The van der Waals surface area contributed by atoms with Crippen LogP contribution in [0.2, 0.25) is 0 Å². The van der Waals surface area contributed by atoms with Gasteiger partial charge in [0.05, 0.1) is 10.4 Å². The Balaban J connectivity index is 1.58. The van der Waals surface area contributed by atoms with Crippen LogP contribution in [0.3, 0.4) is 0 Å². The number of nitrogens with zero attached hydrogens (tertiary/aromatic N) is 1. The maximum absolute atomic E-state index is 12.0. The molecule has 0 atom stereocenters. The summed E-state index contributed by atoms with van der Waals surface area (Å²) in [5.74, 6) is 0.0126. The minimum absolute atomic E-state index is 0.0289. The van der Waals surface area contributed by atoms with E-state index in [1.54, 1.807) is 41.7 Å². The second-order valence-corrected chi connectivity index (χ2v) is 5.94. The molecule has 7 heteroatoms. The molecule has 0 aliphatic rings. The number of ether oxygens (including phenoxy) is 1. The first-order chi connectivity index (χ1) is 11.6. The van der Waals surface area contributed by atoms with Crippen molar-refractivity contribution in [1.82, 2.24) is 5.16 Å². The standard InChI is InChI=1S/C17H14N2O4S/c1-11(20)18-13-6-4-12(5-7-13)17(21)22-10-14-9-15(23-19-14)16-3-2-8-24-16/h2-9H,10H2,1H3,(H,18,20). The average Bonchev–Trinajstić information content (AvgIpc) is 3.24. The molecule has 3 rings (SSSR count). The summed E-state index contributed by atoms with van der Waals surface area (Å²) in [4.78, 5) is 23.9. The number of carbonyl (C=O) groups is 2. The van der Waals surface area contributed by atoms with Crippen molar-refractivity contribution in [3.05, 3.63) is 59.1 Å². The molecule has 0 unspecified atom stereocenters. The average molecular weight is 342 g/mol. The maximum Gasteiger partial charge on any atom is 0.338 e. The maximum atomic E-state index is 12.0. The molecule has 2 heterocycles. The molecule has 0 aliphatic carbocycles. The van der Waals surface area contributed by atoms with Crippen LogP contribution >= 0.6 is 11.3 Å². The highest BCUT2D eigenvalue weighted by atomic mass is 32.1. The van der Waals surface area contributed by atoms with Crippen LogP contribution in [-0.4, -0.2) is 17.0 Å². The minimum Gasteiger partial charge on any atom is -0.455 e. The normalized spacial score (nSPS) is 10.4. The lowest BCUT2D eigenvalue weighted by molar-refractivity contribution is -0.114. The molecular weight excluding hydrogens is 328 g/mol. The Bertz CT molecular complexity index is 838. The zero-order chi connectivity index (χ0) is 16.9. The van der Waals surface area contributed by atoms with E-state index in [-0.39, 0.29) is 12.5 Å². The number of rotatable bonds is 5. The molecule has 0 bridgehead atoms. The Labute approximate surface area is 142 Å². The van der Waals surface area contributed by atoms with E-state index < -0.39 is 5.97 Å². The van der Waals surface area contributed by atoms with Crippen molar-refractivity contribution in [2.24, 2.45) is 0 Å². The van der Waals surface area contributed by atoms with Gasteiger partial charge in [-0.3, -0.25) is 4.79 Å². The molecule has 2 aromatic heterocycles. The second-order valence-electron chi connectivity index (χ2n) is 4.99. The summed E-state index contributed by atoms with van der Waals surface area (Å²) >= 11 is 1.54. The SMILES string of the molecule is CC(=O)Nc1ccc(C(=O)OCc2cc(-c3cccs3)on2)cc1. The summed E-state index contributed by atoms with van der Waals surface area (Å²) in [5, 5.41) is 8.47. The highest BCUT2D eigenvalue weighted by Crippen LogP contribution is 2.25. The fourth-order valence-corrected chi connectivity index (χ4v) is 2.70. The van der Waals surface area contributed by atoms with Crippen LogP contribution in [0, 0.1) is 0 Å². The molecule has 3 aromatic rings. The smallest absolute Gasteiger partial charge is 0.338 e. The monoisotopic (exact) mass is 342 g/mol. The van der Waals surface area contributed by atoms with E-state index in [0.29, 0.717) is 22.7 Å². The molecule has 0 saturated carbocycles. The first-order valence-corrected chi connectivity index (χ1v) is 8.04. The molecule has 0 fully saturated rings. The molecule has 0 radical (unpaired) electrons. The molecule has 0 aliphatic heterocycles. The number of esters is 1. The van der Waals surface area contributed by atoms with Crippen molar-refractivity contribution >= 4 is 28.9 Å². The van der Waals surface area contributed by atoms with Gasteiger partial charge in [-0.05, 0) is 35.7 Å². The first-order valence-electron chi connectivity index (χ1n) is 7.16. The van der Waals surface area contributed by atoms with E-state index in [1.807, 2.05) is 17.5 Å². The largest absolute Gasteiger partial charge is 0.455 e. The molecule has 6 nitrogen and oxygen atoms in total. The Hall–Kier alpha value is -2.93. The summed E-state index contributed by atoms with van der Waals surface area (Å²) in [6.45, 7) is 1.45. The number of amides is 1. The van der Waals surface area contributed by atoms with Crippen molar-refractivity contribution in [2.45, 2.75) is 13.5 Å². The molecule has 1 amide bonds. The topological polar surface area (TPSA) is 81.4 Å². The third-order valence-electron chi connectivity index (χ3n) is 3.12. The van der Waals surface area contributed by atoms with Gasteiger partial charge in [-0.15, -0.1) is 11.3 Å². The predicted octanol–water partition coefficient (Wildman–Crippen LogP) is 3.72. The van der Waals surface area contributed by atoms with Gasteiger partial charge in [0.2, 0.25) is 5.91 Å². The van der Waals surface area contributed by atoms with Gasteiger partial charge < -0.3 is 14.6 Å². The zero-order valence-electron chi connectivity index (χ0n) is 12.8. The van der Waals surface area contributed by atoms with Crippen molar-refractivity contribution in [1.29, 1.82) is 0 Å².